The Balaban J connectivity index is 1.91. The van der Waals surface area contributed by atoms with E-state index in [0.717, 1.165) is 5.56 Å². The molecule has 0 atom stereocenters. The van der Waals surface area contributed by atoms with Crippen LogP contribution in [-0.4, -0.2) is 26.3 Å². The number of hydrogen-bond donors (Lipinski definition) is 0. The van der Waals surface area contributed by atoms with Gasteiger partial charge in [0.2, 0.25) is 0 Å². The van der Waals surface area contributed by atoms with Crippen molar-refractivity contribution in [2.75, 3.05) is 20.3 Å². The SMILES string of the molecule is COCCOc1cccc(C(=O)OCc2ccccc2)c1. The predicted octanol–water partition coefficient (Wildman–Crippen LogP) is 3.07. The zero-order valence-electron chi connectivity index (χ0n) is 12.0. The Morgan fingerprint density at radius 2 is 1.81 bits per heavy atom. The molecule has 0 unspecified atom stereocenters. The van der Waals surface area contributed by atoms with Gasteiger partial charge in [0.15, 0.2) is 0 Å². The zero-order valence-corrected chi connectivity index (χ0v) is 12.0. The molecule has 4 nitrogen and oxygen atoms in total. The topological polar surface area (TPSA) is 44.8 Å². The summed E-state index contributed by atoms with van der Waals surface area (Å²) in [5.74, 6) is 0.261. The average Bonchev–Trinajstić information content (AvgIpc) is 2.54. The minimum atomic E-state index is -0.365. The first-order valence-corrected chi connectivity index (χ1v) is 6.72. The Labute approximate surface area is 124 Å². The van der Waals surface area contributed by atoms with E-state index in [-0.39, 0.29) is 12.6 Å². The van der Waals surface area contributed by atoms with Crippen LogP contribution in [0, 0.1) is 0 Å². The first-order chi connectivity index (χ1) is 10.3. The van der Waals surface area contributed by atoms with Gasteiger partial charge in [-0.15, -0.1) is 0 Å². The molecule has 110 valence electrons. The summed E-state index contributed by atoms with van der Waals surface area (Å²) in [4.78, 5) is 12.0. The van der Waals surface area contributed by atoms with Crippen molar-refractivity contribution in [2.45, 2.75) is 6.61 Å². The predicted molar refractivity (Wildman–Crippen MR) is 79.4 cm³/mol. The third kappa shape index (κ3) is 4.93. The minimum Gasteiger partial charge on any atom is -0.491 e. The monoisotopic (exact) mass is 286 g/mol. The fourth-order valence-corrected chi connectivity index (χ4v) is 1.76. The van der Waals surface area contributed by atoms with E-state index in [9.17, 15) is 4.79 Å². The summed E-state index contributed by atoms with van der Waals surface area (Å²) in [6, 6.07) is 16.5. The van der Waals surface area contributed by atoms with Crippen molar-refractivity contribution in [3.05, 3.63) is 65.7 Å². The van der Waals surface area contributed by atoms with Gasteiger partial charge in [-0.05, 0) is 23.8 Å². The van der Waals surface area contributed by atoms with Crippen LogP contribution in [0.3, 0.4) is 0 Å². The van der Waals surface area contributed by atoms with E-state index in [0.29, 0.717) is 24.5 Å². The molecule has 0 spiro atoms. The molecule has 0 amide bonds. The fraction of sp³-hybridized carbons (Fsp3) is 0.235. The van der Waals surface area contributed by atoms with Crippen LogP contribution in [0.25, 0.3) is 0 Å². The number of esters is 1. The van der Waals surface area contributed by atoms with Crippen LogP contribution in [0.2, 0.25) is 0 Å². The fourth-order valence-electron chi connectivity index (χ4n) is 1.76. The van der Waals surface area contributed by atoms with E-state index in [1.54, 1.807) is 31.4 Å². The number of hydrogen-bond acceptors (Lipinski definition) is 4. The maximum absolute atomic E-state index is 12.0. The van der Waals surface area contributed by atoms with Crippen LogP contribution in [0.1, 0.15) is 15.9 Å². The number of carbonyl (C=O) groups is 1. The van der Waals surface area contributed by atoms with Crippen molar-refractivity contribution in [1.29, 1.82) is 0 Å². The molecule has 0 aliphatic rings. The summed E-state index contributed by atoms with van der Waals surface area (Å²) in [7, 11) is 1.61. The van der Waals surface area contributed by atoms with Crippen molar-refractivity contribution >= 4 is 5.97 Å². The van der Waals surface area contributed by atoms with Crippen LogP contribution in [-0.2, 0) is 16.1 Å². The van der Waals surface area contributed by atoms with Gasteiger partial charge in [0.1, 0.15) is 19.0 Å². The van der Waals surface area contributed by atoms with Crippen molar-refractivity contribution in [1.82, 2.24) is 0 Å². The van der Waals surface area contributed by atoms with Gasteiger partial charge < -0.3 is 14.2 Å². The van der Waals surface area contributed by atoms with E-state index in [4.69, 9.17) is 14.2 Å². The molecule has 21 heavy (non-hydrogen) atoms. The average molecular weight is 286 g/mol. The number of methoxy groups -OCH3 is 1. The van der Waals surface area contributed by atoms with E-state index >= 15 is 0 Å². The highest BCUT2D eigenvalue weighted by Crippen LogP contribution is 2.15. The second kappa shape index (κ2) is 8.07. The third-order valence-electron chi connectivity index (χ3n) is 2.84. The Bertz CT molecular complexity index is 566. The summed E-state index contributed by atoms with van der Waals surface area (Å²) in [6.45, 7) is 1.20. The number of benzene rings is 2. The van der Waals surface area contributed by atoms with Gasteiger partial charge in [0.25, 0.3) is 0 Å². The lowest BCUT2D eigenvalue weighted by molar-refractivity contribution is 0.0472. The molecule has 0 heterocycles. The molecule has 2 aromatic rings. The number of ether oxygens (including phenoxy) is 3. The first kappa shape index (κ1) is 15.1. The standard InChI is InChI=1S/C17H18O4/c1-19-10-11-20-16-9-5-8-15(12-16)17(18)21-13-14-6-3-2-4-7-14/h2-9,12H,10-11,13H2,1H3. The van der Waals surface area contributed by atoms with Gasteiger partial charge in [-0.2, -0.15) is 0 Å². The number of rotatable bonds is 7. The van der Waals surface area contributed by atoms with Crippen molar-refractivity contribution in [3.8, 4) is 5.75 Å². The molecule has 0 bridgehead atoms. The molecular weight excluding hydrogens is 268 g/mol. The largest absolute Gasteiger partial charge is 0.491 e. The van der Waals surface area contributed by atoms with Gasteiger partial charge in [0, 0.05) is 7.11 Å². The smallest absolute Gasteiger partial charge is 0.338 e. The lowest BCUT2D eigenvalue weighted by atomic mass is 10.2. The molecule has 0 aliphatic carbocycles. The van der Waals surface area contributed by atoms with Crippen LogP contribution in [0.4, 0.5) is 0 Å². The highest BCUT2D eigenvalue weighted by molar-refractivity contribution is 5.89. The van der Waals surface area contributed by atoms with E-state index < -0.39 is 0 Å². The van der Waals surface area contributed by atoms with Gasteiger partial charge in [-0.1, -0.05) is 36.4 Å². The first-order valence-electron chi connectivity index (χ1n) is 6.72. The lowest BCUT2D eigenvalue weighted by Gasteiger charge is -2.08. The van der Waals surface area contributed by atoms with Crippen molar-refractivity contribution in [3.63, 3.8) is 0 Å². The summed E-state index contributed by atoms with van der Waals surface area (Å²) >= 11 is 0. The second-order valence-electron chi connectivity index (χ2n) is 4.43. The summed E-state index contributed by atoms with van der Waals surface area (Å²) < 4.78 is 15.7. The Morgan fingerprint density at radius 3 is 2.57 bits per heavy atom. The van der Waals surface area contributed by atoms with E-state index in [2.05, 4.69) is 0 Å². The maximum Gasteiger partial charge on any atom is 0.338 e. The summed E-state index contributed by atoms with van der Waals surface area (Å²) in [5.41, 5.74) is 1.43. The molecule has 0 radical (unpaired) electrons. The van der Waals surface area contributed by atoms with Crippen molar-refractivity contribution in [2.24, 2.45) is 0 Å². The minimum absolute atomic E-state index is 0.258. The zero-order chi connectivity index (χ0) is 14.9. The molecule has 0 fully saturated rings. The molecule has 2 aromatic carbocycles. The molecule has 2 rings (SSSR count). The Morgan fingerprint density at radius 1 is 1.00 bits per heavy atom. The number of carbonyl (C=O) groups excluding carboxylic acids is 1. The Kier molecular flexibility index (Phi) is 5.79. The highest BCUT2D eigenvalue weighted by atomic mass is 16.5. The van der Waals surface area contributed by atoms with Gasteiger partial charge in [0.05, 0.1) is 12.2 Å². The van der Waals surface area contributed by atoms with Gasteiger partial charge in [-0.3, -0.25) is 0 Å². The van der Waals surface area contributed by atoms with E-state index in [1.165, 1.54) is 0 Å². The molecule has 0 aromatic heterocycles. The molecule has 0 N–H and O–H groups in total. The molecule has 0 saturated carbocycles. The van der Waals surface area contributed by atoms with Crippen LogP contribution >= 0.6 is 0 Å². The van der Waals surface area contributed by atoms with Gasteiger partial charge >= 0.3 is 5.97 Å². The summed E-state index contributed by atoms with van der Waals surface area (Å²) in [5, 5.41) is 0. The quantitative estimate of drug-likeness (QED) is 0.579. The molecule has 4 heteroatoms. The third-order valence-corrected chi connectivity index (χ3v) is 2.84. The van der Waals surface area contributed by atoms with Crippen LogP contribution in [0.5, 0.6) is 5.75 Å². The normalized spacial score (nSPS) is 10.1. The van der Waals surface area contributed by atoms with Crippen molar-refractivity contribution < 1.29 is 19.0 Å². The van der Waals surface area contributed by atoms with Crippen LogP contribution in [0.15, 0.2) is 54.6 Å². The summed E-state index contributed by atoms with van der Waals surface area (Å²) in [6.07, 6.45) is 0. The van der Waals surface area contributed by atoms with E-state index in [1.807, 2.05) is 30.3 Å². The lowest BCUT2D eigenvalue weighted by Crippen LogP contribution is -2.07. The maximum atomic E-state index is 12.0. The van der Waals surface area contributed by atoms with Crippen LogP contribution < -0.4 is 4.74 Å². The highest BCUT2D eigenvalue weighted by Gasteiger charge is 2.08. The molecule has 0 saturated heterocycles. The molecule has 0 aliphatic heterocycles. The second-order valence-corrected chi connectivity index (χ2v) is 4.43. The van der Waals surface area contributed by atoms with Gasteiger partial charge in [-0.25, -0.2) is 4.79 Å². The Hall–Kier alpha value is -2.33. The molecular formula is C17H18O4.